The van der Waals surface area contributed by atoms with E-state index in [0.717, 1.165) is 5.75 Å². The Balaban J connectivity index is 0.000000248. The van der Waals surface area contributed by atoms with E-state index in [4.69, 9.17) is 40.0 Å². The first kappa shape index (κ1) is 24.9. The number of aliphatic hydroxyl groups excluding tert-OH is 5. The van der Waals surface area contributed by atoms with Crippen molar-refractivity contribution in [1.29, 1.82) is 0 Å². The van der Waals surface area contributed by atoms with Crippen molar-refractivity contribution in [2.75, 3.05) is 26.4 Å². The van der Waals surface area contributed by atoms with Gasteiger partial charge >= 0.3 is 0 Å². The van der Waals surface area contributed by atoms with Crippen molar-refractivity contribution in [2.45, 2.75) is 62.4 Å². The van der Waals surface area contributed by atoms with Crippen LogP contribution in [-0.2, 0) is 14.2 Å². The van der Waals surface area contributed by atoms with Crippen molar-refractivity contribution in [3.05, 3.63) is 30.3 Å². The molecular formula is C20H33NO9. The Labute approximate surface area is 175 Å². The minimum atomic E-state index is -1.01. The maximum absolute atomic E-state index is 9.61. The van der Waals surface area contributed by atoms with Crippen LogP contribution in [0.5, 0.6) is 5.75 Å². The highest BCUT2D eigenvalue weighted by molar-refractivity contribution is 5.20. The van der Waals surface area contributed by atoms with Gasteiger partial charge in [-0.3, -0.25) is 0 Å². The van der Waals surface area contributed by atoms with Gasteiger partial charge in [-0.15, -0.1) is 0 Å². The highest BCUT2D eigenvalue weighted by atomic mass is 16.7. The molecule has 0 amide bonds. The van der Waals surface area contributed by atoms with Crippen molar-refractivity contribution in [3.8, 4) is 5.75 Å². The monoisotopic (exact) mass is 431 g/mol. The highest BCUT2D eigenvalue weighted by Gasteiger charge is 2.34. The number of aliphatic hydroxyl groups is 5. The van der Waals surface area contributed by atoms with Crippen molar-refractivity contribution >= 4 is 0 Å². The fraction of sp³-hybridized carbons (Fsp3) is 0.700. The molecule has 0 bridgehead atoms. The van der Waals surface area contributed by atoms with E-state index >= 15 is 0 Å². The summed E-state index contributed by atoms with van der Waals surface area (Å²) in [6, 6.07) is 9.49. The van der Waals surface area contributed by atoms with Crippen LogP contribution in [0.25, 0.3) is 0 Å². The summed E-state index contributed by atoms with van der Waals surface area (Å²) in [6.45, 7) is 0.793. The predicted octanol–water partition coefficient (Wildman–Crippen LogP) is -1.29. The Morgan fingerprint density at radius 2 is 1.70 bits per heavy atom. The predicted molar refractivity (Wildman–Crippen MR) is 105 cm³/mol. The molecule has 3 rings (SSSR count). The molecular weight excluding hydrogens is 398 g/mol. The zero-order valence-electron chi connectivity index (χ0n) is 16.8. The van der Waals surface area contributed by atoms with Gasteiger partial charge in [0, 0.05) is 25.8 Å². The van der Waals surface area contributed by atoms with Gasteiger partial charge < -0.3 is 50.2 Å². The van der Waals surface area contributed by atoms with Crippen molar-refractivity contribution < 1.29 is 44.5 Å². The second-order valence-corrected chi connectivity index (χ2v) is 7.19. The number of rotatable bonds is 7. The van der Waals surface area contributed by atoms with Crippen LogP contribution < -0.4 is 10.5 Å². The highest BCUT2D eigenvalue weighted by Crippen LogP contribution is 2.20. The van der Waals surface area contributed by atoms with Crippen molar-refractivity contribution in [2.24, 2.45) is 5.73 Å². The standard InChI is InChI=1S/C14H20O5.C6H13NO4/c15-10-13-8-11(16)9-14(19-13)18-7-6-17-12-4-2-1-3-5-12;7-2-4-6(10)3(8)1-5(9)11-4/h1-5,11,13-16H,6-10H2;3-6,8-10H,1-2,7H2/t11-,13-,14+;3-,4-,5-,6-/m01/s1. The summed E-state index contributed by atoms with van der Waals surface area (Å²) >= 11 is 0. The summed E-state index contributed by atoms with van der Waals surface area (Å²) in [5.74, 6) is 0.795. The summed E-state index contributed by atoms with van der Waals surface area (Å²) in [5, 5.41) is 45.9. The molecule has 2 saturated heterocycles. The molecule has 30 heavy (non-hydrogen) atoms. The Bertz CT molecular complexity index is 579. The SMILES string of the molecule is NC[C@H]1O[C@@H](O)C[C@@H](O)[C@H]1O.OC[C@@H]1C[C@H](O)C[C@H](OCCOc2ccccc2)O1. The molecule has 2 aliphatic rings. The molecule has 2 aliphatic heterocycles. The third-order valence-electron chi connectivity index (χ3n) is 4.73. The molecule has 2 heterocycles. The molecule has 10 nitrogen and oxygen atoms in total. The topological polar surface area (TPSA) is 164 Å². The molecule has 0 spiro atoms. The minimum Gasteiger partial charge on any atom is -0.491 e. The lowest BCUT2D eigenvalue weighted by Gasteiger charge is -2.34. The van der Waals surface area contributed by atoms with E-state index < -0.39 is 37.0 Å². The van der Waals surface area contributed by atoms with Gasteiger partial charge in [0.1, 0.15) is 24.6 Å². The van der Waals surface area contributed by atoms with Crippen LogP contribution in [0, 0.1) is 0 Å². The maximum Gasteiger partial charge on any atom is 0.160 e. The number of benzene rings is 1. The van der Waals surface area contributed by atoms with Crippen molar-refractivity contribution in [3.63, 3.8) is 0 Å². The summed E-state index contributed by atoms with van der Waals surface area (Å²) in [4.78, 5) is 0. The maximum atomic E-state index is 9.61. The van der Waals surface area contributed by atoms with Crippen molar-refractivity contribution in [1.82, 2.24) is 0 Å². The largest absolute Gasteiger partial charge is 0.491 e. The number of hydrogen-bond acceptors (Lipinski definition) is 10. The fourth-order valence-electron chi connectivity index (χ4n) is 3.15. The quantitative estimate of drug-likeness (QED) is 0.286. The lowest BCUT2D eigenvalue weighted by atomic mass is 10.0. The summed E-state index contributed by atoms with van der Waals surface area (Å²) in [6.07, 6.45) is -3.96. The lowest BCUT2D eigenvalue weighted by molar-refractivity contribution is -0.228. The Morgan fingerprint density at radius 3 is 2.37 bits per heavy atom. The molecule has 0 unspecified atom stereocenters. The van der Waals surface area contributed by atoms with E-state index in [1.165, 1.54) is 0 Å². The number of hydrogen-bond donors (Lipinski definition) is 6. The average Bonchev–Trinajstić information content (AvgIpc) is 2.74. The second kappa shape index (κ2) is 13.2. The van der Waals surface area contributed by atoms with Crippen LogP contribution in [0.2, 0.25) is 0 Å². The summed E-state index contributed by atoms with van der Waals surface area (Å²) in [5.41, 5.74) is 5.21. The second-order valence-electron chi connectivity index (χ2n) is 7.19. The van der Waals surface area contributed by atoms with Crippen LogP contribution in [0.3, 0.4) is 0 Å². The third-order valence-corrected chi connectivity index (χ3v) is 4.73. The van der Waals surface area contributed by atoms with E-state index in [-0.39, 0.29) is 25.7 Å². The first-order chi connectivity index (χ1) is 14.4. The van der Waals surface area contributed by atoms with Crippen LogP contribution in [-0.4, -0.2) is 95.0 Å². The average molecular weight is 431 g/mol. The molecule has 0 aliphatic carbocycles. The smallest absolute Gasteiger partial charge is 0.160 e. The van der Waals surface area contributed by atoms with Gasteiger partial charge in [-0.2, -0.15) is 0 Å². The Morgan fingerprint density at radius 1 is 0.967 bits per heavy atom. The first-order valence-electron chi connectivity index (χ1n) is 10.1. The van der Waals surface area contributed by atoms with E-state index in [2.05, 4.69) is 0 Å². The molecule has 10 heteroatoms. The molecule has 0 radical (unpaired) electrons. The molecule has 0 aromatic heterocycles. The molecule has 1 aromatic rings. The third kappa shape index (κ3) is 8.42. The number of para-hydroxylation sites is 1. The fourth-order valence-corrected chi connectivity index (χ4v) is 3.15. The molecule has 7 N–H and O–H groups in total. The number of nitrogens with two attached hydrogens (primary N) is 1. The van der Waals surface area contributed by atoms with Gasteiger partial charge in [-0.25, -0.2) is 0 Å². The normalized spacial score (nSPS) is 34.0. The zero-order chi connectivity index (χ0) is 21.9. The van der Waals surface area contributed by atoms with Gasteiger partial charge in [0.2, 0.25) is 0 Å². The first-order valence-corrected chi connectivity index (χ1v) is 10.1. The van der Waals surface area contributed by atoms with E-state index in [9.17, 15) is 10.2 Å². The van der Waals surface area contributed by atoms with Gasteiger partial charge in [-0.05, 0) is 12.1 Å². The zero-order valence-corrected chi connectivity index (χ0v) is 16.8. The molecule has 172 valence electrons. The van der Waals surface area contributed by atoms with Gasteiger partial charge in [0.05, 0.1) is 31.5 Å². The number of ether oxygens (including phenoxy) is 4. The van der Waals surface area contributed by atoms with Gasteiger partial charge in [0.15, 0.2) is 12.6 Å². The Hall–Kier alpha value is -1.34. The molecule has 7 atom stereocenters. The molecule has 1 aromatic carbocycles. The summed E-state index contributed by atoms with van der Waals surface area (Å²) in [7, 11) is 0. The van der Waals surface area contributed by atoms with E-state index in [1.807, 2.05) is 30.3 Å². The van der Waals surface area contributed by atoms with Crippen LogP contribution in [0.4, 0.5) is 0 Å². The molecule has 0 saturated carbocycles. The summed E-state index contributed by atoms with van der Waals surface area (Å²) < 4.78 is 21.3. The van der Waals surface area contributed by atoms with Crippen LogP contribution >= 0.6 is 0 Å². The van der Waals surface area contributed by atoms with Gasteiger partial charge in [0.25, 0.3) is 0 Å². The van der Waals surface area contributed by atoms with Crippen LogP contribution in [0.1, 0.15) is 19.3 Å². The van der Waals surface area contributed by atoms with E-state index in [1.54, 1.807) is 0 Å². The molecule has 2 fully saturated rings. The Kier molecular flexibility index (Phi) is 10.9. The van der Waals surface area contributed by atoms with E-state index in [0.29, 0.717) is 26.1 Å². The van der Waals surface area contributed by atoms with Crippen LogP contribution in [0.15, 0.2) is 30.3 Å². The van der Waals surface area contributed by atoms with Gasteiger partial charge in [-0.1, -0.05) is 18.2 Å². The lowest BCUT2D eigenvalue weighted by Crippen LogP contribution is -2.51. The minimum absolute atomic E-state index is 0.0394.